The van der Waals surface area contributed by atoms with E-state index in [1.807, 2.05) is 13.0 Å². The first-order valence-electron chi connectivity index (χ1n) is 5.81. The van der Waals surface area contributed by atoms with Gasteiger partial charge in [-0.1, -0.05) is 0 Å². The van der Waals surface area contributed by atoms with E-state index in [4.69, 9.17) is 0 Å². The third-order valence-corrected chi connectivity index (χ3v) is 2.87. The Morgan fingerprint density at radius 3 is 2.45 bits per heavy atom. The Labute approximate surface area is 111 Å². The van der Waals surface area contributed by atoms with Crippen molar-refractivity contribution in [1.29, 1.82) is 0 Å². The molecule has 0 saturated heterocycles. The summed E-state index contributed by atoms with van der Waals surface area (Å²) in [5.74, 6) is 0.320. The molecule has 0 aliphatic rings. The summed E-state index contributed by atoms with van der Waals surface area (Å²) >= 11 is 0. The average Bonchev–Trinajstić information content (AvgIpc) is 2.91. The minimum absolute atomic E-state index is 0.256. The van der Waals surface area contributed by atoms with E-state index in [1.165, 1.54) is 17.1 Å². The van der Waals surface area contributed by atoms with Gasteiger partial charge in [-0.05, 0) is 19.9 Å². The van der Waals surface area contributed by atoms with Crippen molar-refractivity contribution in [3.8, 4) is 5.82 Å². The second kappa shape index (κ2) is 4.06. The standard InChI is InChI=1S/C12H10F3N5/c1-7-5-8(2)20(17-7)11-9-6-10(12(13,14)15)18-19(9)4-3-16-11/h3-6H,1-2H3. The maximum absolute atomic E-state index is 12.7. The highest BCUT2D eigenvalue weighted by Gasteiger charge is 2.34. The van der Waals surface area contributed by atoms with Crippen LogP contribution in [0.5, 0.6) is 0 Å². The highest BCUT2D eigenvalue weighted by molar-refractivity contribution is 5.61. The lowest BCUT2D eigenvalue weighted by Gasteiger charge is -2.04. The molecule has 3 aromatic heterocycles. The smallest absolute Gasteiger partial charge is 0.235 e. The van der Waals surface area contributed by atoms with Crippen LogP contribution in [-0.4, -0.2) is 24.4 Å². The predicted molar refractivity (Wildman–Crippen MR) is 64.6 cm³/mol. The van der Waals surface area contributed by atoms with Crippen molar-refractivity contribution in [2.75, 3.05) is 0 Å². The fourth-order valence-corrected chi connectivity index (χ4v) is 2.05. The number of aryl methyl sites for hydroxylation is 2. The van der Waals surface area contributed by atoms with Gasteiger partial charge >= 0.3 is 6.18 Å². The monoisotopic (exact) mass is 281 g/mol. The van der Waals surface area contributed by atoms with E-state index >= 15 is 0 Å². The first-order chi connectivity index (χ1) is 9.36. The van der Waals surface area contributed by atoms with Gasteiger partial charge in [0.05, 0.1) is 5.69 Å². The van der Waals surface area contributed by atoms with Crippen LogP contribution in [0.15, 0.2) is 24.5 Å². The molecule has 0 aromatic carbocycles. The summed E-state index contributed by atoms with van der Waals surface area (Å²) in [6.07, 6.45) is -1.72. The van der Waals surface area contributed by atoms with Crippen molar-refractivity contribution in [3.63, 3.8) is 0 Å². The summed E-state index contributed by atoms with van der Waals surface area (Å²) in [6, 6.07) is 2.80. The summed E-state index contributed by atoms with van der Waals surface area (Å²) in [4.78, 5) is 4.12. The molecule has 0 aliphatic heterocycles. The molecule has 0 N–H and O–H groups in total. The Kier molecular flexibility index (Phi) is 2.56. The number of nitrogens with zero attached hydrogens (tertiary/aromatic N) is 5. The lowest BCUT2D eigenvalue weighted by Crippen LogP contribution is -2.06. The summed E-state index contributed by atoms with van der Waals surface area (Å²) in [7, 11) is 0. The molecule has 5 nitrogen and oxygen atoms in total. The van der Waals surface area contributed by atoms with Crippen LogP contribution in [0.1, 0.15) is 17.1 Å². The lowest BCUT2D eigenvalue weighted by atomic mass is 10.3. The van der Waals surface area contributed by atoms with Gasteiger partial charge in [-0.15, -0.1) is 0 Å². The number of alkyl halides is 3. The summed E-state index contributed by atoms with van der Waals surface area (Å²) in [6.45, 7) is 3.62. The number of rotatable bonds is 1. The van der Waals surface area contributed by atoms with Gasteiger partial charge in [0.25, 0.3) is 0 Å². The van der Waals surface area contributed by atoms with E-state index in [-0.39, 0.29) is 5.52 Å². The van der Waals surface area contributed by atoms with Gasteiger partial charge in [0.1, 0.15) is 5.52 Å². The van der Waals surface area contributed by atoms with Gasteiger partial charge in [-0.3, -0.25) is 0 Å². The van der Waals surface area contributed by atoms with Crippen LogP contribution >= 0.6 is 0 Å². The van der Waals surface area contributed by atoms with Crippen LogP contribution < -0.4 is 0 Å². The van der Waals surface area contributed by atoms with Gasteiger partial charge in [0, 0.05) is 24.2 Å². The predicted octanol–water partition coefficient (Wildman–Crippen LogP) is 2.55. The number of hydrogen-bond acceptors (Lipinski definition) is 3. The third kappa shape index (κ3) is 1.93. The number of halogens is 3. The Hall–Kier alpha value is -2.38. The van der Waals surface area contributed by atoms with Gasteiger partial charge in [-0.25, -0.2) is 14.2 Å². The maximum atomic E-state index is 12.7. The van der Waals surface area contributed by atoms with Crippen LogP contribution in [-0.2, 0) is 6.18 Å². The zero-order valence-electron chi connectivity index (χ0n) is 10.7. The molecular weight excluding hydrogens is 271 g/mol. The second-order valence-corrected chi connectivity index (χ2v) is 4.45. The van der Waals surface area contributed by atoms with Crippen LogP contribution in [0, 0.1) is 13.8 Å². The van der Waals surface area contributed by atoms with Gasteiger partial charge in [0.15, 0.2) is 11.5 Å². The zero-order chi connectivity index (χ0) is 14.5. The molecule has 0 unspecified atom stereocenters. The molecule has 3 aromatic rings. The van der Waals surface area contributed by atoms with E-state index in [9.17, 15) is 13.2 Å². The Bertz CT molecular complexity index is 784. The van der Waals surface area contributed by atoms with Crippen molar-refractivity contribution in [2.24, 2.45) is 0 Å². The highest BCUT2D eigenvalue weighted by atomic mass is 19.4. The molecule has 0 aliphatic carbocycles. The Balaban J connectivity index is 2.26. The molecule has 0 radical (unpaired) electrons. The molecule has 0 atom stereocenters. The van der Waals surface area contributed by atoms with Crippen LogP contribution in [0.3, 0.4) is 0 Å². The highest BCUT2D eigenvalue weighted by Crippen LogP contribution is 2.29. The molecule has 8 heteroatoms. The van der Waals surface area contributed by atoms with Gasteiger partial charge < -0.3 is 0 Å². The fraction of sp³-hybridized carbons (Fsp3) is 0.250. The normalized spacial score (nSPS) is 12.2. The molecule has 0 bridgehead atoms. The molecule has 20 heavy (non-hydrogen) atoms. The Morgan fingerprint density at radius 1 is 1.10 bits per heavy atom. The van der Waals surface area contributed by atoms with Crippen molar-refractivity contribution in [2.45, 2.75) is 20.0 Å². The minimum atomic E-state index is -4.49. The maximum Gasteiger partial charge on any atom is 0.435 e. The minimum Gasteiger partial charge on any atom is -0.235 e. The largest absolute Gasteiger partial charge is 0.435 e. The Morgan fingerprint density at radius 2 is 1.85 bits per heavy atom. The van der Waals surface area contributed by atoms with E-state index in [2.05, 4.69) is 15.2 Å². The molecule has 3 heterocycles. The van der Waals surface area contributed by atoms with E-state index in [0.29, 0.717) is 5.82 Å². The first kappa shape index (κ1) is 12.6. The zero-order valence-corrected chi connectivity index (χ0v) is 10.7. The van der Waals surface area contributed by atoms with Crippen molar-refractivity contribution in [1.82, 2.24) is 24.4 Å². The summed E-state index contributed by atoms with van der Waals surface area (Å²) < 4.78 is 40.8. The molecule has 104 valence electrons. The molecule has 0 amide bonds. The van der Waals surface area contributed by atoms with Gasteiger partial charge in [0.2, 0.25) is 0 Å². The van der Waals surface area contributed by atoms with E-state index in [0.717, 1.165) is 22.0 Å². The van der Waals surface area contributed by atoms with E-state index in [1.54, 1.807) is 6.92 Å². The lowest BCUT2D eigenvalue weighted by molar-refractivity contribution is -0.141. The topological polar surface area (TPSA) is 48.0 Å². The molecule has 0 saturated carbocycles. The van der Waals surface area contributed by atoms with Crippen molar-refractivity contribution >= 4 is 5.52 Å². The number of fused-ring (bicyclic) bond motifs is 1. The quantitative estimate of drug-likeness (QED) is 0.688. The molecule has 3 rings (SSSR count). The van der Waals surface area contributed by atoms with Crippen molar-refractivity contribution in [3.05, 3.63) is 41.6 Å². The summed E-state index contributed by atoms with van der Waals surface area (Å²) in [5, 5.41) is 7.75. The van der Waals surface area contributed by atoms with Crippen LogP contribution in [0.4, 0.5) is 13.2 Å². The molecular formula is C12H10F3N5. The second-order valence-electron chi connectivity index (χ2n) is 4.45. The fourth-order valence-electron chi connectivity index (χ4n) is 2.05. The first-order valence-corrected chi connectivity index (χ1v) is 5.81. The number of hydrogen-bond donors (Lipinski definition) is 0. The van der Waals surface area contributed by atoms with E-state index < -0.39 is 11.9 Å². The third-order valence-electron chi connectivity index (χ3n) is 2.87. The van der Waals surface area contributed by atoms with Crippen molar-refractivity contribution < 1.29 is 13.2 Å². The number of aromatic nitrogens is 5. The molecule has 0 fully saturated rings. The van der Waals surface area contributed by atoms with Crippen LogP contribution in [0.25, 0.3) is 11.3 Å². The SMILES string of the molecule is Cc1cc(C)n(-c2nccn3nc(C(F)(F)F)cc23)n1. The summed E-state index contributed by atoms with van der Waals surface area (Å²) in [5.41, 5.74) is 0.860. The van der Waals surface area contributed by atoms with Crippen LogP contribution in [0.2, 0.25) is 0 Å². The molecule has 0 spiro atoms. The average molecular weight is 281 g/mol. The van der Waals surface area contributed by atoms with Gasteiger partial charge in [-0.2, -0.15) is 23.4 Å².